The molecule has 2 aromatic heterocycles. The lowest BCUT2D eigenvalue weighted by Gasteiger charge is -2.05. The normalized spacial score (nSPS) is 14.6. The summed E-state index contributed by atoms with van der Waals surface area (Å²) in [4.78, 5) is 11.4. The molecule has 0 amide bonds. The summed E-state index contributed by atoms with van der Waals surface area (Å²) in [6.45, 7) is 1.92. The first-order valence-electron chi connectivity index (χ1n) is 9.02. The van der Waals surface area contributed by atoms with Crippen LogP contribution in [0, 0.1) is 6.92 Å². The van der Waals surface area contributed by atoms with Gasteiger partial charge >= 0.3 is 0 Å². The third kappa shape index (κ3) is 3.00. The molecule has 0 fully saturated rings. The van der Waals surface area contributed by atoms with Gasteiger partial charge in [0.25, 0.3) is 0 Å². The largest absolute Gasteiger partial charge is 0.260 e. The summed E-state index contributed by atoms with van der Waals surface area (Å²) < 4.78 is 0. The van der Waals surface area contributed by atoms with Gasteiger partial charge in [0.2, 0.25) is 0 Å². The molecular weight excluding hydrogens is 352 g/mol. The van der Waals surface area contributed by atoms with Gasteiger partial charge in [-0.15, -0.1) is 11.3 Å². The van der Waals surface area contributed by atoms with E-state index in [0.717, 1.165) is 40.4 Å². The molecule has 4 nitrogen and oxygen atoms in total. The molecule has 1 aliphatic carbocycles. The molecule has 0 bridgehead atoms. The average Bonchev–Trinajstić information content (AvgIpc) is 3.31. The second-order valence-electron chi connectivity index (χ2n) is 6.64. The fourth-order valence-corrected chi connectivity index (χ4v) is 4.58. The molecule has 0 saturated carbocycles. The number of fused-ring (bicyclic) bond motifs is 2. The Bertz CT molecular complexity index is 1160. The predicted molar refractivity (Wildman–Crippen MR) is 113 cm³/mol. The van der Waals surface area contributed by atoms with Crippen LogP contribution in [0.25, 0.3) is 20.7 Å². The van der Waals surface area contributed by atoms with Crippen LogP contribution in [0.15, 0.2) is 65.8 Å². The van der Waals surface area contributed by atoms with E-state index in [-0.39, 0.29) is 0 Å². The van der Waals surface area contributed by atoms with Crippen LogP contribution in [0.1, 0.15) is 23.4 Å². The molecule has 0 atom stereocenters. The SMILES string of the molecule is Cc1nc(N/N=C2/CCc3ccccc32)c2cc(-c3ccccc3)sc2n1. The molecule has 2 heterocycles. The van der Waals surface area contributed by atoms with Crippen molar-refractivity contribution in [1.29, 1.82) is 0 Å². The number of thiophene rings is 1. The van der Waals surface area contributed by atoms with Crippen LogP contribution in [0.3, 0.4) is 0 Å². The maximum absolute atomic E-state index is 4.69. The zero-order valence-electron chi connectivity index (χ0n) is 14.9. The Morgan fingerprint density at radius 1 is 0.963 bits per heavy atom. The minimum absolute atomic E-state index is 0.749. The average molecular weight is 370 g/mol. The number of nitrogens with one attached hydrogen (secondary N) is 1. The highest BCUT2D eigenvalue weighted by molar-refractivity contribution is 7.21. The number of anilines is 1. The van der Waals surface area contributed by atoms with Crippen LogP contribution in [0.4, 0.5) is 5.82 Å². The highest BCUT2D eigenvalue weighted by Gasteiger charge is 2.17. The molecule has 0 saturated heterocycles. The fourth-order valence-electron chi connectivity index (χ4n) is 3.50. The van der Waals surface area contributed by atoms with Gasteiger partial charge in [0, 0.05) is 10.4 Å². The van der Waals surface area contributed by atoms with Crippen molar-refractivity contribution in [1.82, 2.24) is 9.97 Å². The predicted octanol–water partition coefficient (Wildman–Crippen LogP) is 5.43. The molecule has 5 rings (SSSR count). The van der Waals surface area contributed by atoms with Crippen LogP contribution >= 0.6 is 11.3 Å². The molecule has 1 aliphatic rings. The molecule has 27 heavy (non-hydrogen) atoms. The van der Waals surface area contributed by atoms with Crippen molar-refractivity contribution in [3.63, 3.8) is 0 Å². The van der Waals surface area contributed by atoms with E-state index in [4.69, 9.17) is 0 Å². The maximum atomic E-state index is 4.69. The first-order chi connectivity index (χ1) is 13.3. The van der Waals surface area contributed by atoms with Crippen molar-refractivity contribution in [2.45, 2.75) is 19.8 Å². The Kier molecular flexibility index (Phi) is 3.94. The summed E-state index contributed by atoms with van der Waals surface area (Å²) >= 11 is 1.69. The number of benzene rings is 2. The molecule has 0 unspecified atom stereocenters. The number of rotatable bonds is 3. The highest BCUT2D eigenvalue weighted by Crippen LogP contribution is 2.35. The molecule has 4 aromatic rings. The number of hydrazone groups is 1. The van der Waals surface area contributed by atoms with Gasteiger partial charge in [-0.1, -0.05) is 54.6 Å². The number of nitrogens with zero attached hydrogens (tertiary/aromatic N) is 3. The van der Waals surface area contributed by atoms with Crippen LogP contribution < -0.4 is 5.43 Å². The quantitative estimate of drug-likeness (QED) is 0.489. The van der Waals surface area contributed by atoms with Crippen molar-refractivity contribution >= 4 is 33.1 Å². The van der Waals surface area contributed by atoms with E-state index in [1.165, 1.54) is 21.6 Å². The number of hydrogen-bond donors (Lipinski definition) is 1. The molecule has 0 spiro atoms. The molecule has 132 valence electrons. The summed E-state index contributed by atoms with van der Waals surface area (Å²) in [7, 11) is 0. The van der Waals surface area contributed by atoms with Crippen molar-refractivity contribution in [2.24, 2.45) is 5.10 Å². The summed E-state index contributed by atoms with van der Waals surface area (Å²) in [5.41, 5.74) is 8.11. The first-order valence-corrected chi connectivity index (χ1v) is 9.84. The first kappa shape index (κ1) is 16.1. The highest BCUT2D eigenvalue weighted by atomic mass is 32.1. The molecule has 0 aliphatic heterocycles. The van der Waals surface area contributed by atoms with Gasteiger partial charge < -0.3 is 0 Å². The topological polar surface area (TPSA) is 50.2 Å². The van der Waals surface area contributed by atoms with Gasteiger partial charge in [-0.05, 0) is 37.0 Å². The molecule has 1 N–H and O–H groups in total. The fraction of sp³-hybridized carbons (Fsp3) is 0.136. The second kappa shape index (κ2) is 6.59. The molecule has 5 heteroatoms. The lowest BCUT2D eigenvalue weighted by molar-refractivity contribution is 1.07. The summed E-state index contributed by atoms with van der Waals surface area (Å²) in [5.74, 6) is 1.52. The van der Waals surface area contributed by atoms with Gasteiger partial charge in [-0.2, -0.15) is 5.10 Å². The molecule has 0 radical (unpaired) electrons. The number of aryl methyl sites for hydroxylation is 2. The van der Waals surface area contributed by atoms with Gasteiger partial charge in [0.05, 0.1) is 11.1 Å². The van der Waals surface area contributed by atoms with Crippen molar-refractivity contribution < 1.29 is 0 Å². The minimum Gasteiger partial charge on any atom is -0.260 e. The van der Waals surface area contributed by atoms with E-state index in [1.54, 1.807) is 11.3 Å². The second-order valence-corrected chi connectivity index (χ2v) is 7.67. The Hall–Kier alpha value is -3.05. The lowest BCUT2D eigenvalue weighted by Crippen LogP contribution is -2.02. The molecule has 2 aromatic carbocycles. The van der Waals surface area contributed by atoms with Crippen LogP contribution in [0.2, 0.25) is 0 Å². The van der Waals surface area contributed by atoms with Crippen molar-refractivity contribution in [2.75, 3.05) is 5.43 Å². The Labute approximate surface area is 161 Å². The maximum Gasteiger partial charge on any atom is 0.158 e. The van der Waals surface area contributed by atoms with Crippen LogP contribution in [-0.4, -0.2) is 15.7 Å². The van der Waals surface area contributed by atoms with E-state index in [9.17, 15) is 0 Å². The van der Waals surface area contributed by atoms with Crippen molar-refractivity contribution in [3.8, 4) is 10.4 Å². The number of aromatic nitrogens is 2. The van der Waals surface area contributed by atoms with E-state index in [0.29, 0.717) is 0 Å². The van der Waals surface area contributed by atoms with Crippen LogP contribution in [-0.2, 0) is 6.42 Å². The van der Waals surface area contributed by atoms with E-state index >= 15 is 0 Å². The zero-order valence-corrected chi connectivity index (χ0v) is 15.8. The summed E-state index contributed by atoms with van der Waals surface area (Å²) in [6.07, 6.45) is 2.00. The smallest absolute Gasteiger partial charge is 0.158 e. The lowest BCUT2D eigenvalue weighted by atomic mass is 10.1. The van der Waals surface area contributed by atoms with Gasteiger partial charge in [0.15, 0.2) is 5.82 Å². The Morgan fingerprint density at radius 3 is 2.67 bits per heavy atom. The van der Waals surface area contributed by atoms with Crippen molar-refractivity contribution in [3.05, 3.63) is 77.6 Å². The summed E-state index contributed by atoms with van der Waals surface area (Å²) in [5, 5.41) is 5.70. The van der Waals surface area contributed by atoms with E-state index in [1.807, 2.05) is 13.0 Å². The Morgan fingerprint density at radius 2 is 1.78 bits per heavy atom. The third-order valence-corrected chi connectivity index (χ3v) is 5.90. The van der Waals surface area contributed by atoms with E-state index in [2.05, 4.69) is 75.1 Å². The standard InChI is InChI=1S/C22H18N4S/c1-14-23-21(26-25-19-12-11-15-7-5-6-10-17(15)19)18-13-20(27-22(18)24-14)16-8-3-2-4-9-16/h2-10,13H,11-12H2,1H3,(H,23,24,26)/b25-19-. The third-order valence-electron chi connectivity index (χ3n) is 4.82. The Balaban J connectivity index is 1.54. The minimum atomic E-state index is 0.749. The molecular formula is C22H18N4S. The summed E-state index contributed by atoms with van der Waals surface area (Å²) in [6, 6.07) is 21.0. The number of hydrogen-bond acceptors (Lipinski definition) is 5. The van der Waals surface area contributed by atoms with Gasteiger partial charge in [-0.25, -0.2) is 9.97 Å². The van der Waals surface area contributed by atoms with Gasteiger partial charge in [0.1, 0.15) is 10.7 Å². The van der Waals surface area contributed by atoms with Gasteiger partial charge in [-0.3, -0.25) is 5.43 Å². The van der Waals surface area contributed by atoms with E-state index < -0.39 is 0 Å². The monoisotopic (exact) mass is 370 g/mol. The van der Waals surface area contributed by atoms with Crippen LogP contribution in [0.5, 0.6) is 0 Å². The zero-order chi connectivity index (χ0) is 18.2.